The lowest BCUT2D eigenvalue weighted by molar-refractivity contribution is 0.102. The van der Waals surface area contributed by atoms with Gasteiger partial charge in [-0.2, -0.15) is 0 Å². The van der Waals surface area contributed by atoms with E-state index in [1.54, 1.807) is 75.1 Å². The Morgan fingerprint density at radius 2 is 1.55 bits per heavy atom. The number of hydrogen-bond acceptors (Lipinski definition) is 6. The molecule has 6 aromatic rings. The van der Waals surface area contributed by atoms with E-state index in [1.165, 1.54) is 0 Å². The third-order valence-electron chi connectivity index (χ3n) is 6.81. The smallest absolute Gasteiger partial charge is 0.261 e. The van der Waals surface area contributed by atoms with Crippen molar-refractivity contribution in [1.82, 2.24) is 9.55 Å². The first-order valence-electron chi connectivity index (χ1n) is 13.0. The van der Waals surface area contributed by atoms with Crippen molar-refractivity contribution in [2.24, 2.45) is 0 Å². The summed E-state index contributed by atoms with van der Waals surface area (Å²) >= 11 is 3.45. The topological polar surface area (TPSA) is 91.7 Å². The quantitative estimate of drug-likeness (QED) is 0.200. The molecule has 0 saturated heterocycles. The van der Waals surface area contributed by atoms with E-state index < -0.39 is 5.91 Å². The number of carbonyl (C=O) groups is 1. The number of halogens is 1. The number of para-hydroxylation sites is 1. The van der Waals surface area contributed by atoms with Crippen LogP contribution in [0.4, 0.5) is 5.69 Å². The number of nitrogens with zero attached hydrogens (tertiary/aromatic N) is 2. The van der Waals surface area contributed by atoms with Crippen molar-refractivity contribution in [3.05, 3.63) is 124 Å². The second kappa shape index (κ2) is 11.4. The summed E-state index contributed by atoms with van der Waals surface area (Å²) in [6.07, 6.45) is 3.24. The van der Waals surface area contributed by atoms with Crippen molar-refractivity contribution >= 4 is 49.3 Å². The number of rotatable bonds is 7. The number of benzene rings is 4. The molecule has 0 bridgehead atoms. The SMILES string of the molecule is COc1cc2nccc(Oc3ccc(NC(=O)c4cn(-c5ccc(Br)cc5)c5ccccc5c4=O)cc3)c2cc1OC. The molecule has 0 fully saturated rings. The number of methoxy groups -OCH3 is 2. The average Bonchev–Trinajstić information content (AvgIpc) is 3.02. The first kappa shape index (κ1) is 27.0. The average molecular weight is 622 g/mol. The summed E-state index contributed by atoms with van der Waals surface area (Å²) in [7, 11) is 3.14. The molecule has 0 radical (unpaired) electrons. The number of carbonyl (C=O) groups excluding carboxylic acids is 1. The van der Waals surface area contributed by atoms with Gasteiger partial charge in [0, 0.05) is 45.1 Å². The number of hydrogen-bond donors (Lipinski definition) is 1. The van der Waals surface area contributed by atoms with E-state index in [9.17, 15) is 9.59 Å². The van der Waals surface area contributed by atoms with Crippen LogP contribution < -0.4 is 25.0 Å². The highest BCUT2D eigenvalue weighted by Gasteiger charge is 2.17. The minimum atomic E-state index is -0.508. The maximum atomic E-state index is 13.4. The molecule has 0 atom stereocenters. The van der Waals surface area contributed by atoms with Crippen molar-refractivity contribution in [1.29, 1.82) is 0 Å². The molecule has 2 heterocycles. The number of pyridine rings is 2. The van der Waals surface area contributed by atoms with Gasteiger partial charge in [0.1, 0.15) is 17.1 Å². The van der Waals surface area contributed by atoms with E-state index in [0.717, 1.165) is 15.5 Å². The lowest BCUT2D eigenvalue weighted by atomic mass is 10.1. The summed E-state index contributed by atoms with van der Waals surface area (Å²) in [4.78, 5) is 31.1. The summed E-state index contributed by atoms with van der Waals surface area (Å²) in [6.45, 7) is 0. The molecular formula is C33H24BrN3O5. The van der Waals surface area contributed by atoms with Gasteiger partial charge >= 0.3 is 0 Å². The van der Waals surface area contributed by atoms with Crippen molar-refractivity contribution in [3.63, 3.8) is 0 Å². The van der Waals surface area contributed by atoms with E-state index in [0.29, 0.717) is 45.1 Å². The number of ether oxygens (including phenoxy) is 3. The van der Waals surface area contributed by atoms with Gasteiger partial charge in [-0.3, -0.25) is 14.6 Å². The largest absolute Gasteiger partial charge is 0.493 e. The molecule has 0 aliphatic heterocycles. The van der Waals surface area contributed by atoms with Crippen molar-refractivity contribution in [3.8, 4) is 28.7 Å². The highest BCUT2D eigenvalue weighted by Crippen LogP contribution is 2.37. The lowest BCUT2D eigenvalue weighted by Crippen LogP contribution is -2.23. The summed E-state index contributed by atoms with van der Waals surface area (Å²) < 4.78 is 19.7. The maximum absolute atomic E-state index is 13.4. The molecule has 0 aliphatic carbocycles. The first-order chi connectivity index (χ1) is 20.4. The number of amides is 1. The number of anilines is 1. The zero-order chi connectivity index (χ0) is 29.2. The van der Waals surface area contributed by atoms with Gasteiger partial charge in [0.15, 0.2) is 11.5 Å². The van der Waals surface area contributed by atoms with Crippen LogP contribution in [-0.4, -0.2) is 29.7 Å². The fourth-order valence-corrected chi connectivity index (χ4v) is 4.99. The molecule has 8 nitrogen and oxygen atoms in total. The van der Waals surface area contributed by atoms with Gasteiger partial charge < -0.3 is 24.1 Å². The van der Waals surface area contributed by atoms with E-state index >= 15 is 0 Å². The summed E-state index contributed by atoms with van der Waals surface area (Å²) in [5.74, 6) is 1.77. The van der Waals surface area contributed by atoms with Crippen molar-refractivity contribution in [2.75, 3.05) is 19.5 Å². The molecule has 2 aromatic heterocycles. The van der Waals surface area contributed by atoms with Gasteiger partial charge in [-0.1, -0.05) is 28.1 Å². The number of nitrogens with one attached hydrogen (secondary N) is 1. The van der Waals surface area contributed by atoms with E-state index in [2.05, 4.69) is 26.2 Å². The minimum Gasteiger partial charge on any atom is -0.493 e. The molecule has 0 unspecified atom stereocenters. The van der Waals surface area contributed by atoms with E-state index in [-0.39, 0.29) is 11.0 Å². The Balaban J connectivity index is 1.27. The zero-order valence-corrected chi connectivity index (χ0v) is 24.2. The molecule has 42 heavy (non-hydrogen) atoms. The number of fused-ring (bicyclic) bond motifs is 2. The van der Waals surface area contributed by atoms with Crippen LogP contribution in [-0.2, 0) is 0 Å². The van der Waals surface area contributed by atoms with Gasteiger partial charge in [-0.05, 0) is 72.8 Å². The third kappa shape index (κ3) is 5.17. The van der Waals surface area contributed by atoms with E-state index in [4.69, 9.17) is 14.2 Å². The second-order valence-electron chi connectivity index (χ2n) is 9.35. The fourth-order valence-electron chi connectivity index (χ4n) is 4.72. The van der Waals surface area contributed by atoms with Crippen LogP contribution in [0.15, 0.2) is 113 Å². The Kier molecular flexibility index (Phi) is 7.33. The molecule has 0 saturated carbocycles. The molecule has 1 amide bonds. The van der Waals surface area contributed by atoms with Crippen LogP contribution in [0, 0.1) is 0 Å². The summed E-state index contributed by atoms with van der Waals surface area (Å²) in [6, 6.07) is 27.2. The Morgan fingerprint density at radius 3 is 2.29 bits per heavy atom. The maximum Gasteiger partial charge on any atom is 0.261 e. The van der Waals surface area contributed by atoms with Crippen molar-refractivity contribution < 1.29 is 19.0 Å². The fraction of sp³-hybridized carbons (Fsp3) is 0.0606. The monoisotopic (exact) mass is 621 g/mol. The molecule has 0 spiro atoms. The molecular weight excluding hydrogens is 598 g/mol. The van der Waals surface area contributed by atoms with Crippen molar-refractivity contribution in [2.45, 2.75) is 0 Å². The molecule has 9 heteroatoms. The predicted molar refractivity (Wildman–Crippen MR) is 167 cm³/mol. The zero-order valence-electron chi connectivity index (χ0n) is 22.6. The first-order valence-corrected chi connectivity index (χ1v) is 13.7. The summed E-state index contributed by atoms with van der Waals surface area (Å²) in [5.41, 5.74) is 2.43. The van der Waals surface area contributed by atoms with Crippen LogP contribution in [0.5, 0.6) is 23.0 Å². The molecule has 208 valence electrons. The Labute approximate surface area is 249 Å². The Morgan fingerprint density at radius 1 is 0.833 bits per heavy atom. The number of aromatic nitrogens is 2. The third-order valence-corrected chi connectivity index (χ3v) is 7.34. The van der Waals surface area contributed by atoms with Crippen LogP contribution in [0.25, 0.3) is 27.5 Å². The minimum absolute atomic E-state index is 0.0320. The predicted octanol–water partition coefficient (Wildman–Crippen LogP) is 7.36. The van der Waals surface area contributed by atoms with Gasteiger partial charge in [0.05, 0.1) is 25.3 Å². The molecule has 0 aliphatic rings. The van der Waals surface area contributed by atoms with Gasteiger partial charge in [-0.15, -0.1) is 0 Å². The van der Waals surface area contributed by atoms with Crippen LogP contribution in [0.3, 0.4) is 0 Å². The van der Waals surface area contributed by atoms with Crippen LogP contribution in [0.2, 0.25) is 0 Å². The molecule has 6 rings (SSSR count). The lowest BCUT2D eigenvalue weighted by Gasteiger charge is -2.14. The molecule has 1 N–H and O–H groups in total. The second-order valence-corrected chi connectivity index (χ2v) is 10.3. The van der Waals surface area contributed by atoms with Gasteiger partial charge in [-0.25, -0.2) is 0 Å². The molecule has 4 aromatic carbocycles. The normalized spacial score (nSPS) is 10.9. The standard InChI is InChI=1S/C33H24BrN3O5/c1-40-30-17-25-27(18-31(30)41-2)35-16-15-29(25)42-23-13-9-21(10-14-23)36-33(39)26-19-37(22-11-7-20(34)8-12-22)28-6-4-3-5-24(28)32(26)38/h3-19H,1-2H3,(H,36,39). The summed E-state index contributed by atoms with van der Waals surface area (Å²) in [5, 5.41) is 4.05. The Hall–Kier alpha value is -5.15. The van der Waals surface area contributed by atoms with Gasteiger partial charge in [0.2, 0.25) is 5.43 Å². The van der Waals surface area contributed by atoms with Crippen LogP contribution in [0.1, 0.15) is 10.4 Å². The highest BCUT2D eigenvalue weighted by atomic mass is 79.9. The van der Waals surface area contributed by atoms with Crippen LogP contribution >= 0.6 is 15.9 Å². The van der Waals surface area contributed by atoms with Gasteiger partial charge in [0.25, 0.3) is 5.91 Å². The van der Waals surface area contributed by atoms with E-state index in [1.807, 2.05) is 47.0 Å². The highest BCUT2D eigenvalue weighted by molar-refractivity contribution is 9.10. The Bertz CT molecular complexity index is 2000.